The number of aryl methyl sites for hydroxylation is 1. The molecule has 3 rings (SSSR count). The van der Waals surface area contributed by atoms with Gasteiger partial charge in [0.15, 0.2) is 0 Å². The quantitative estimate of drug-likeness (QED) is 0.835. The lowest BCUT2D eigenvalue weighted by Crippen LogP contribution is -2.28. The SMILES string of the molecule is Cc1cc(C(=O)N(C)Cc2ccccc2N2CCCC2)cc(S(N)(=O)=O)c1C. The van der Waals surface area contributed by atoms with Gasteiger partial charge in [0, 0.05) is 37.9 Å². The van der Waals surface area contributed by atoms with E-state index >= 15 is 0 Å². The van der Waals surface area contributed by atoms with Crippen LogP contribution in [0.2, 0.25) is 0 Å². The zero-order chi connectivity index (χ0) is 20.5. The molecule has 1 amide bonds. The molecule has 0 spiro atoms. The van der Waals surface area contributed by atoms with Crippen molar-refractivity contribution >= 4 is 21.6 Å². The summed E-state index contributed by atoms with van der Waals surface area (Å²) in [5, 5.41) is 5.33. The van der Waals surface area contributed by atoms with E-state index in [4.69, 9.17) is 5.14 Å². The molecule has 150 valence electrons. The molecular formula is C21H27N3O3S. The summed E-state index contributed by atoms with van der Waals surface area (Å²) in [5.41, 5.74) is 3.86. The van der Waals surface area contributed by atoms with Crippen molar-refractivity contribution in [1.29, 1.82) is 0 Å². The fourth-order valence-corrected chi connectivity index (χ4v) is 4.58. The van der Waals surface area contributed by atoms with Crippen LogP contribution in [0.15, 0.2) is 41.3 Å². The van der Waals surface area contributed by atoms with Crippen LogP contribution in [-0.4, -0.2) is 39.4 Å². The second kappa shape index (κ2) is 7.93. The average molecular weight is 402 g/mol. The van der Waals surface area contributed by atoms with Crippen LogP contribution in [0.3, 0.4) is 0 Å². The lowest BCUT2D eigenvalue weighted by atomic mass is 10.0. The van der Waals surface area contributed by atoms with Crippen molar-refractivity contribution in [2.24, 2.45) is 5.14 Å². The van der Waals surface area contributed by atoms with E-state index in [0.717, 1.165) is 29.9 Å². The number of nitrogens with two attached hydrogens (primary N) is 1. The molecule has 0 unspecified atom stereocenters. The van der Waals surface area contributed by atoms with Crippen LogP contribution in [0, 0.1) is 13.8 Å². The monoisotopic (exact) mass is 401 g/mol. The predicted octanol–water partition coefficient (Wildman–Crippen LogP) is 2.82. The molecule has 0 aromatic heterocycles. The summed E-state index contributed by atoms with van der Waals surface area (Å²) >= 11 is 0. The Kier molecular flexibility index (Phi) is 5.76. The molecule has 0 radical (unpaired) electrons. The van der Waals surface area contributed by atoms with Gasteiger partial charge in [0.05, 0.1) is 4.90 Å². The lowest BCUT2D eigenvalue weighted by Gasteiger charge is -2.25. The Morgan fingerprint density at radius 2 is 1.79 bits per heavy atom. The molecule has 2 aromatic rings. The highest BCUT2D eigenvalue weighted by Crippen LogP contribution is 2.26. The maximum Gasteiger partial charge on any atom is 0.253 e. The fraction of sp³-hybridized carbons (Fsp3) is 0.381. The highest BCUT2D eigenvalue weighted by molar-refractivity contribution is 7.89. The first-order valence-corrected chi connectivity index (χ1v) is 11.0. The third-order valence-corrected chi connectivity index (χ3v) is 6.40. The number of hydrogen-bond donors (Lipinski definition) is 1. The van der Waals surface area contributed by atoms with Gasteiger partial charge in [0.2, 0.25) is 10.0 Å². The van der Waals surface area contributed by atoms with Crippen LogP contribution in [-0.2, 0) is 16.6 Å². The number of primary sulfonamides is 1. The Hall–Kier alpha value is -2.38. The van der Waals surface area contributed by atoms with Crippen LogP contribution in [0.5, 0.6) is 0 Å². The number of nitrogens with zero attached hydrogens (tertiary/aromatic N) is 2. The van der Waals surface area contributed by atoms with E-state index in [-0.39, 0.29) is 10.8 Å². The summed E-state index contributed by atoms with van der Waals surface area (Å²) in [6.07, 6.45) is 2.37. The van der Waals surface area contributed by atoms with E-state index in [9.17, 15) is 13.2 Å². The van der Waals surface area contributed by atoms with Crippen LogP contribution >= 0.6 is 0 Å². The summed E-state index contributed by atoms with van der Waals surface area (Å²) in [6.45, 7) is 5.99. The van der Waals surface area contributed by atoms with Gasteiger partial charge >= 0.3 is 0 Å². The minimum absolute atomic E-state index is 0.00159. The van der Waals surface area contributed by atoms with Gasteiger partial charge in [-0.2, -0.15) is 0 Å². The molecule has 7 heteroatoms. The van der Waals surface area contributed by atoms with Gasteiger partial charge in [-0.25, -0.2) is 13.6 Å². The smallest absolute Gasteiger partial charge is 0.253 e. The third kappa shape index (κ3) is 4.20. The highest BCUT2D eigenvalue weighted by Gasteiger charge is 2.21. The highest BCUT2D eigenvalue weighted by atomic mass is 32.2. The van der Waals surface area contributed by atoms with Gasteiger partial charge in [-0.1, -0.05) is 18.2 Å². The molecule has 1 heterocycles. The predicted molar refractivity (Wildman–Crippen MR) is 111 cm³/mol. The molecule has 0 saturated carbocycles. The summed E-state index contributed by atoms with van der Waals surface area (Å²) in [7, 11) is -2.16. The van der Waals surface area contributed by atoms with Crippen LogP contribution in [0.25, 0.3) is 0 Å². The Labute approximate surface area is 167 Å². The van der Waals surface area contributed by atoms with Gasteiger partial charge in [-0.05, 0) is 61.6 Å². The number of amides is 1. The van der Waals surface area contributed by atoms with E-state index < -0.39 is 10.0 Å². The first-order chi connectivity index (χ1) is 13.2. The number of benzene rings is 2. The molecule has 1 saturated heterocycles. The zero-order valence-electron chi connectivity index (χ0n) is 16.6. The van der Waals surface area contributed by atoms with Gasteiger partial charge in [0.25, 0.3) is 5.91 Å². The molecule has 1 aliphatic heterocycles. The maximum absolute atomic E-state index is 13.0. The van der Waals surface area contributed by atoms with Crippen molar-refractivity contribution in [1.82, 2.24) is 4.90 Å². The topological polar surface area (TPSA) is 83.7 Å². The van der Waals surface area contributed by atoms with E-state index in [1.54, 1.807) is 31.9 Å². The van der Waals surface area contributed by atoms with Crippen molar-refractivity contribution in [2.75, 3.05) is 25.0 Å². The summed E-state index contributed by atoms with van der Waals surface area (Å²) in [4.78, 5) is 17.0. The number of rotatable bonds is 5. The van der Waals surface area contributed by atoms with E-state index in [1.807, 2.05) is 18.2 Å². The number of carbonyl (C=O) groups is 1. The van der Waals surface area contributed by atoms with Crippen molar-refractivity contribution in [3.8, 4) is 0 Å². The molecule has 0 aliphatic carbocycles. The second-order valence-corrected chi connectivity index (χ2v) is 8.98. The molecule has 6 nitrogen and oxygen atoms in total. The number of sulfonamides is 1. The van der Waals surface area contributed by atoms with Crippen LogP contribution in [0.4, 0.5) is 5.69 Å². The first-order valence-electron chi connectivity index (χ1n) is 9.41. The van der Waals surface area contributed by atoms with Crippen molar-refractivity contribution in [2.45, 2.75) is 38.1 Å². The van der Waals surface area contributed by atoms with E-state index in [1.165, 1.54) is 18.9 Å². The zero-order valence-corrected chi connectivity index (χ0v) is 17.4. The normalized spacial score (nSPS) is 14.4. The number of hydrogen-bond acceptors (Lipinski definition) is 4. The Bertz CT molecular complexity index is 996. The number of para-hydroxylation sites is 1. The summed E-state index contributed by atoms with van der Waals surface area (Å²) in [5.74, 6) is -0.232. The Balaban J connectivity index is 1.88. The van der Waals surface area contributed by atoms with Crippen LogP contribution in [0.1, 0.15) is 39.9 Å². The molecule has 0 atom stereocenters. The number of carbonyl (C=O) groups excluding carboxylic acids is 1. The van der Waals surface area contributed by atoms with Gasteiger partial charge in [-0.15, -0.1) is 0 Å². The molecule has 2 aromatic carbocycles. The molecule has 1 aliphatic rings. The molecule has 0 bridgehead atoms. The van der Waals surface area contributed by atoms with Crippen LogP contribution < -0.4 is 10.0 Å². The molecular weight excluding hydrogens is 374 g/mol. The summed E-state index contributed by atoms with van der Waals surface area (Å²) in [6, 6.07) is 11.2. The summed E-state index contributed by atoms with van der Waals surface area (Å²) < 4.78 is 23.8. The van der Waals surface area contributed by atoms with Gasteiger partial charge in [0.1, 0.15) is 0 Å². The van der Waals surface area contributed by atoms with Crippen molar-refractivity contribution in [3.05, 3.63) is 58.7 Å². The second-order valence-electron chi connectivity index (χ2n) is 7.45. The Morgan fingerprint density at radius 1 is 1.14 bits per heavy atom. The minimum atomic E-state index is -3.89. The van der Waals surface area contributed by atoms with E-state index in [0.29, 0.717) is 17.7 Å². The fourth-order valence-electron chi connectivity index (χ4n) is 3.70. The van der Waals surface area contributed by atoms with Crippen molar-refractivity contribution in [3.63, 3.8) is 0 Å². The average Bonchev–Trinajstić information content (AvgIpc) is 3.17. The molecule has 2 N–H and O–H groups in total. The largest absolute Gasteiger partial charge is 0.371 e. The minimum Gasteiger partial charge on any atom is -0.371 e. The lowest BCUT2D eigenvalue weighted by molar-refractivity contribution is 0.0785. The van der Waals surface area contributed by atoms with Gasteiger partial charge < -0.3 is 9.80 Å². The number of anilines is 1. The Morgan fingerprint density at radius 3 is 2.43 bits per heavy atom. The third-order valence-electron chi connectivity index (χ3n) is 5.37. The molecule has 1 fully saturated rings. The maximum atomic E-state index is 13.0. The van der Waals surface area contributed by atoms with Crippen molar-refractivity contribution < 1.29 is 13.2 Å². The first kappa shape index (κ1) is 20.4. The van der Waals surface area contributed by atoms with Gasteiger partial charge in [-0.3, -0.25) is 4.79 Å². The standard InChI is InChI=1S/C21H27N3O3S/c1-15-12-18(13-20(16(15)2)28(22,26)27)21(25)23(3)14-17-8-4-5-9-19(17)24-10-6-7-11-24/h4-5,8-9,12-13H,6-7,10-11,14H2,1-3H3,(H2,22,26,27). The molecule has 28 heavy (non-hydrogen) atoms. The van der Waals surface area contributed by atoms with E-state index in [2.05, 4.69) is 11.0 Å².